The van der Waals surface area contributed by atoms with Crippen LogP contribution in [-0.2, 0) is 9.53 Å². The van der Waals surface area contributed by atoms with E-state index in [0.717, 1.165) is 6.42 Å². The first-order chi connectivity index (χ1) is 6.11. The van der Waals surface area contributed by atoms with E-state index in [2.05, 4.69) is 30.5 Å². The van der Waals surface area contributed by atoms with Crippen molar-refractivity contribution in [2.75, 3.05) is 13.7 Å². The highest BCUT2D eigenvalue weighted by atomic mass is 16.5. The van der Waals surface area contributed by atoms with Crippen LogP contribution in [0.4, 0.5) is 0 Å². The second kappa shape index (κ2) is 6.66. The fourth-order valence-electron chi connectivity index (χ4n) is 1.10. The summed E-state index contributed by atoms with van der Waals surface area (Å²) in [6, 6.07) is -0.206. The zero-order valence-corrected chi connectivity index (χ0v) is 8.67. The molecule has 13 heavy (non-hydrogen) atoms. The molecule has 0 bridgehead atoms. The Morgan fingerprint density at radius 3 is 2.62 bits per heavy atom. The molecule has 0 aliphatic carbocycles. The Balaban J connectivity index is 4.01. The fourth-order valence-corrected chi connectivity index (χ4v) is 1.10. The SMILES string of the molecule is C=CCN[C@@H](CC(C)C)C(=O)OC. The lowest BCUT2D eigenvalue weighted by molar-refractivity contribution is -0.143. The summed E-state index contributed by atoms with van der Waals surface area (Å²) in [6.45, 7) is 8.36. The maximum Gasteiger partial charge on any atom is 0.322 e. The molecule has 0 amide bonds. The predicted octanol–water partition coefficient (Wildman–Crippen LogP) is 1.35. The van der Waals surface area contributed by atoms with Crippen LogP contribution in [-0.4, -0.2) is 25.7 Å². The maximum atomic E-state index is 11.2. The number of carbonyl (C=O) groups is 1. The van der Waals surface area contributed by atoms with Gasteiger partial charge in [0.15, 0.2) is 0 Å². The fraction of sp³-hybridized carbons (Fsp3) is 0.700. The number of methoxy groups -OCH3 is 1. The van der Waals surface area contributed by atoms with Gasteiger partial charge in [-0.1, -0.05) is 19.9 Å². The Morgan fingerprint density at radius 2 is 2.23 bits per heavy atom. The summed E-state index contributed by atoms with van der Waals surface area (Å²) < 4.78 is 4.67. The summed E-state index contributed by atoms with van der Waals surface area (Å²) in [5.74, 6) is 0.275. The monoisotopic (exact) mass is 185 g/mol. The summed E-state index contributed by atoms with van der Waals surface area (Å²) in [5.41, 5.74) is 0. The van der Waals surface area contributed by atoms with Crippen LogP contribution in [0.5, 0.6) is 0 Å². The molecule has 0 aromatic rings. The van der Waals surface area contributed by atoms with Gasteiger partial charge in [-0.15, -0.1) is 6.58 Å². The van der Waals surface area contributed by atoms with Crippen molar-refractivity contribution in [3.8, 4) is 0 Å². The first-order valence-corrected chi connectivity index (χ1v) is 4.54. The van der Waals surface area contributed by atoms with Gasteiger partial charge in [0.05, 0.1) is 7.11 Å². The van der Waals surface area contributed by atoms with Crippen LogP contribution < -0.4 is 5.32 Å². The van der Waals surface area contributed by atoms with Crippen LogP contribution in [0.15, 0.2) is 12.7 Å². The van der Waals surface area contributed by atoms with Crippen molar-refractivity contribution in [2.45, 2.75) is 26.3 Å². The lowest BCUT2D eigenvalue weighted by atomic mass is 10.0. The molecule has 0 unspecified atom stereocenters. The zero-order chi connectivity index (χ0) is 10.3. The van der Waals surface area contributed by atoms with E-state index in [4.69, 9.17) is 0 Å². The number of carbonyl (C=O) groups excluding carboxylic acids is 1. The summed E-state index contributed by atoms with van der Waals surface area (Å²) in [7, 11) is 1.41. The molecule has 0 aromatic carbocycles. The third-order valence-corrected chi connectivity index (χ3v) is 1.70. The van der Waals surface area contributed by atoms with Gasteiger partial charge in [-0.25, -0.2) is 0 Å². The van der Waals surface area contributed by atoms with Crippen LogP contribution >= 0.6 is 0 Å². The second-order valence-electron chi connectivity index (χ2n) is 3.40. The molecular formula is C10H19NO2. The van der Waals surface area contributed by atoms with Gasteiger partial charge in [-0.2, -0.15) is 0 Å². The molecule has 0 heterocycles. The van der Waals surface area contributed by atoms with Crippen LogP contribution in [0.25, 0.3) is 0 Å². The minimum atomic E-state index is -0.206. The van der Waals surface area contributed by atoms with Crippen molar-refractivity contribution in [1.82, 2.24) is 5.32 Å². The van der Waals surface area contributed by atoms with Crippen molar-refractivity contribution >= 4 is 5.97 Å². The highest BCUT2D eigenvalue weighted by Crippen LogP contribution is 2.05. The molecule has 76 valence electrons. The first-order valence-electron chi connectivity index (χ1n) is 4.54. The molecule has 1 atom stereocenters. The average molecular weight is 185 g/mol. The van der Waals surface area contributed by atoms with Gasteiger partial charge in [-0.05, 0) is 12.3 Å². The Hall–Kier alpha value is -0.830. The summed E-state index contributed by atoms with van der Waals surface area (Å²) >= 11 is 0. The standard InChI is InChI=1S/C10H19NO2/c1-5-6-11-9(7-8(2)3)10(12)13-4/h5,8-9,11H,1,6-7H2,2-4H3/t9-/m0/s1. The number of hydrogen-bond acceptors (Lipinski definition) is 3. The summed E-state index contributed by atoms with van der Waals surface area (Å²) in [6.07, 6.45) is 2.52. The van der Waals surface area contributed by atoms with Crippen molar-refractivity contribution in [3.05, 3.63) is 12.7 Å². The van der Waals surface area contributed by atoms with E-state index in [1.54, 1.807) is 6.08 Å². The molecule has 3 heteroatoms. The number of ether oxygens (including phenoxy) is 1. The zero-order valence-electron chi connectivity index (χ0n) is 8.67. The second-order valence-corrected chi connectivity index (χ2v) is 3.40. The average Bonchev–Trinajstić information content (AvgIpc) is 2.10. The lowest BCUT2D eigenvalue weighted by Crippen LogP contribution is -2.38. The Labute approximate surface area is 80.2 Å². The van der Waals surface area contributed by atoms with Crippen LogP contribution in [0, 0.1) is 5.92 Å². The van der Waals surface area contributed by atoms with Gasteiger partial charge < -0.3 is 10.1 Å². The summed E-state index contributed by atoms with van der Waals surface area (Å²) in [5, 5.41) is 3.06. The molecule has 0 fully saturated rings. The van der Waals surface area contributed by atoms with E-state index < -0.39 is 0 Å². The third-order valence-electron chi connectivity index (χ3n) is 1.70. The molecule has 3 nitrogen and oxygen atoms in total. The van der Waals surface area contributed by atoms with Crippen LogP contribution in [0.2, 0.25) is 0 Å². The molecule has 0 aliphatic heterocycles. The lowest BCUT2D eigenvalue weighted by Gasteiger charge is -2.17. The summed E-state index contributed by atoms with van der Waals surface area (Å²) in [4.78, 5) is 11.2. The third kappa shape index (κ3) is 5.42. The van der Waals surface area contributed by atoms with E-state index in [-0.39, 0.29) is 12.0 Å². The number of hydrogen-bond donors (Lipinski definition) is 1. The molecule has 1 N–H and O–H groups in total. The van der Waals surface area contributed by atoms with Crippen LogP contribution in [0.3, 0.4) is 0 Å². The molecule has 0 aliphatic rings. The van der Waals surface area contributed by atoms with Gasteiger partial charge in [0.25, 0.3) is 0 Å². The molecule has 0 rings (SSSR count). The molecular weight excluding hydrogens is 166 g/mol. The minimum Gasteiger partial charge on any atom is -0.468 e. The van der Waals surface area contributed by atoms with Crippen molar-refractivity contribution in [2.24, 2.45) is 5.92 Å². The molecule has 0 spiro atoms. The topological polar surface area (TPSA) is 38.3 Å². The van der Waals surface area contributed by atoms with E-state index in [9.17, 15) is 4.79 Å². The largest absolute Gasteiger partial charge is 0.468 e. The van der Waals surface area contributed by atoms with Gasteiger partial charge in [0.1, 0.15) is 6.04 Å². The smallest absolute Gasteiger partial charge is 0.322 e. The number of nitrogens with one attached hydrogen (secondary N) is 1. The van der Waals surface area contributed by atoms with Gasteiger partial charge in [0.2, 0.25) is 0 Å². The minimum absolute atomic E-state index is 0.199. The highest BCUT2D eigenvalue weighted by Gasteiger charge is 2.18. The van der Waals surface area contributed by atoms with Crippen molar-refractivity contribution in [3.63, 3.8) is 0 Å². The Bertz CT molecular complexity index is 166. The van der Waals surface area contributed by atoms with Gasteiger partial charge >= 0.3 is 5.97 Å². The molecule has 0 aromatic heterocycles. The Kier molecular flexibility index (Phi) is 6.24. The number of esters is 1. The van der Waals surface area contributed by atoms with E-state index in [0.29, 0.717) is 12.5 Å². The molecule has 0 radical (unpaired) electrons. The predicted molar refractivity (Wildman–Crippen MR) is 53.5 cm³/mol. The van der Waals surface area contributed by atoms with Crippen molar-refractivity contribution < 1.29 is 9.53 Å². The maximum absolute atomic E-state index is 11.2. The van der Waals surface area contributed by atoms with E-state index in [1.165, 1.54) is 7.11 Å². The quantitative estimate of drug-likeness (QED) is 0.501. The number of rotatable bonds is 6. The Morgan fingerprint density at radius 1 is 1.62 bits per heavy atom. The molecule has 0 saturated carbocycles. The highest BCUT2D eigenvalue weighted by molar-refractivity contribution is 5.75. The van der Waals surface area contributed by atoms with Crippen LogP contribution in [0.1, 0.15) is 20.3 Å². The van der Waals surface area contributed by atoms with Gasteiger partial charge in [-0.3, -0.25) is 4.79 Å². The van der Waals surface area contributed by atoms with Crippen molar-refractivity contribution in [1.29, 1.82) is 0 Å². The van der Waals surface area contributed by atoms with E-state index in [1.807, 2.05) is 0 Å². The normalized spacial score (nSPS) is 12.6. The van der Waals surface area contributed by atoms with E-state index >= 15 is 0 Å². The van der Waals surface area contributed by atoms with Gasteiger partial charge in [0, 0.05) is 6.54 Å². The first kappa shape index (κ1) is 12.2. The molecule has 0 saturated heterocycles.